The number of rotatable bonds is 3. The Morgan fingerprint density at radius 3 is 2.81 bits per heavy atom. The van der Waals surface area contributed by atoms with Crippen molar-refractivity contribution in [2.45, 2.75) is 12.6 Å². The van der Waals surface area contributed by atoms with Gasteiger partial charge in [-0.15, -0.1) is 0 Å². The van der Waals surface area contributed by atoms with E-state index in [1.807, 2.05) is 0 Å². The topological polar surface area (TPSA) is 38.0 Å². The number of aliphatic hydroxyl groups excluding tert-OH is 1. The maximum Gasteiger partial charge on any atom is 0.129 e. The lowest BCUT2D eigenvalue weighted by Crippen LogP contribution is -2.10. The Bertz CT molecular complexity index is 486. The highest BCUT2D eigenvalue weighted by atomic mass is 79.9. The first kappa shape index (κ1) is 11.3. The van der Waals surface area contributed by atoms with Gasteiger partial charge in [-0.05, 0) is 22.0 Å². The predicted octanol–water partition coefficient (Wildman–Crippen LogP) is 2.52. The minimum absolute atomic E-state index is 0.229. The summed E-state index contributed by atoms with van der Waals surface area (Å²) in [6.07, 6.45) is 2.45. The Balaban J connectivity index is 2.14. The fourth-order valence-corrected chi connectivity index (χ4v) is 1.79. The molecule has 0 saturated heterocycles. The second kappa shape index (κ2) is 4.76. The van der Waals surface area contributed by atoms with Crippen LogP contribution in [0.5, 0.6) is 0 Å². The Morgan fingerprint density at radius 2 is 2.19 bits per heavy atom. The summed E-state index contributed by atoms with van der Waals surface area (Å²) in [5.74, 6) is -0.402. The highest BCUT2D eigenvalue weighted by Crippen LogP contribution is 2.18. The summed E-state index contributed by atoms with van der Waals surface area (Å²) in [7, 11) is 0. The zero-order valence-electron chi connectivity index (χ0n) is 8.35. The molecule has 1 N–H and O–H groups in total. The summed E-state index contributed by atoms with van der Waals surface area (Å²) in [6, 6.07) is 6.19. The molecule has 3 nitrogen and oxygen atoms in total. The summed E-state index contributed by atoms with van der Waals surface area (Å²) < 4.78 is 15.7. The van der Waals surface area contributed by atoms with Gasteiger partial charge in [-0.1, -0.05) is 18.2 Å². The van der Waals surface area contributed by atoms with Crippen molar-refractivity contribution in [2.75, 3.05) is 0 Å². The van der Waals surface area contributed by atoms with E-state index >= 15 is 0 Å². The number of nitrogens with zero attached hydrogens (tertiary/aromatic N) is 2. The molecule has 0 aliphatic heterocycles. The zero-order chi connectivity index (χ0) is 11.5. The fourth-order valence-electron chi connectivity index (χ4n) is 1.46. The first-order valence-electron chi connectivity index (χ1n) is 4.77. The van der Waals surface area contributed by atoms with Crippen LogP contribution in [0.3, 0.4) is 0 Å². The van der Waals surface area contributed by atoms with Crippen molar-refractivity contribution in [3.63, 3.8) is 0 Å². The number of aliphatic hydroxyl groups is 1. The highest BCUT2D eigenvalue weighted by Gasteiger charge is 2.12. The van der Waals surface area contributed by atoms with Crippen LogP contribution in [0.1, 0.15) is 11.7 Å². The van der Waals surface area contributed by atoms with E-state index in [1.165, 1.54) is 6.07 Å². The van der Waals surface area contributed by atoms with Crippen LogP contribution in [-0.2, 0) is 6.54 Å². The van der Waals surface area contributed by atoms with Gasteiger partial charge in [-0.3, -0.25) is 4.68 Å². The lowest BCUT2D eigenvalue weighted by molar-refractivity contribution is 0.147. The van der Waals surface area contributed by atoms with Crippen molar-refractivity contribution in [1.29, 1.82) is 0 Å². The van der Waals surface area contributed by atoms with E-state index in [0.717, 1.165) is 4.47 Å². The summed E-state index contributed by atoms with van der Waals surface area (Å²) in [4.78, 5) is 0. The molecule has 0 aliphatic rings. The average Bonchev–Trinajstić information content (AvgIpc) is 2.64. The number of benzene rings is 1. The van der Waals surface area contributed by atoms with Crippen molar-refractivity contribution >= 4 is 15.9 Å². The van der Waals surface area contributed by atoms with Gasteiger partial charge in [0.1, 0.15) is 11.9 Å². The van der Waals surface area contributed by atoms with Gasteiger partial charge in [-0.2, -0.15) is 5.10 Å². The molecule has 1 atom stereocenters. The van der Waals surface area contributed by atoms with Crippen molar-refractivity contribution in [2.24, 2.45) is 0 Å². The Kier molecular flexibility index (Phi) is 3.36. The molecule has 2 aromatic rings. The van der Waals surface area contributed by atoms with Crippen LogP contribution < -0.4 is 0 Å². The Hall–Kier alpha value is -1.20. The SMILES string of the molecule is OC(Cn1cc(Br)cn1)c1ccccc1F. The van der Waals surface area contributed by atoms with Gasteiger partial charge in [-0.25, -0.2) is 4.39 Å². The third-order valence-corrected chi connectivity index (χ3v) is 2.64. The lowest BCUT2D eigenvalue weighted by atomic mass is 10.1. The van der Waals surface area contributed by atoms with Crippen LogP contribution in [0, 0.1) is 5.82 Å². The van der Waals surface area contributed by atoms with E-state index in [1.54, 1.807) is 35.3 Å². The summed E-state index contributed by atoms with van der Waals surface area (Å²) in [5.41, 5.74) is 0.286. The molecular formula is C11H10BrFN2O. The van der Waals surface area contributed by atoms with E-state index in [0.29, 0.717) is 0 Å². The van der Waals surface area contributed by atoms with Crippen LogP contribution in [0.4, 0.5) is 4.39 Å². The van der Waals surface area contributed by atoms with Crippen LogP contribution in [0.2, 0.25) is 0 Å². The minimum Gasteiger partial charge on any atom is -0.386 e. The summed E-state index contributed by atoms with van der Waals surface area (Å²) in [6.45, 7) is 0.229. The molecule has 0 amide bonds. The smallest absolute Gasteiger partial charge is 0.129 e. The number of aromatic nitrogens is 2. The van der Waals surface area contributed by atoms with Crippen molar-refractivity contribution in [3.8, 4) is 0 Å². The fraction of sp³-hybridized carbons (Fsp3) is 0.182. The maximum atomic E-state index is 13.3. The zero-order valence-corrected chi connectivity index (χ0v) is 9.93. The molecule has 0 aliphatic carbocycles. The molecule has 0 spiro atoms. The minimum atomic E-state index is -0.895. The molecule has 0 bridgehead atoms. The molecule has 2 rings (SSSR count). The van der Waals surface area contributed by atoms with Gasteiger partial charge in [0.05, 0.1) is 17.2 Å². The monoisotopic (exact) mass is 284 g/mol. The molecule has 1 unspecified atom stereocenters. The van der Waals surface area contributed by atoms with Gasteiger partial charge >= 0.3 is 0 Å². The Morgan fingerprint density at radius 1 is 1.44 bits per heavy atom. The molecule has 84 valence electrons. The number of hydrogen-bond acceptors (Lipinski definition) is 2. The third-order valence-electron chi connectivity index (χ3n) is 2.23. The summed E-state index contributed by atoms with van der Waals surface area (Å²) in [5, 5.41) is 13.8. The second-order valence-corrected chi connectivity index (χ2v) is 4.33. The van der Waals surface area contributed by atoms with Crippen LogP contribution in [-0.4, -0.2) is 14.9 Å². The first-order valence-corrected chi connectivity index (χ1v) is 5.56. The van der Waals surface area contributed by atoms with E-state index < -0.39 is 11.9 Å². The van der Waals surface area contributed by atoms with E-state index in [-0.39, 0.29) is 12.1 Å². The predicted molar refractivity (Wildman–Crippen MR) is 61.3 cm³/mol. The number of hydrogen-bond donors (Lipinski definition) is 1. The molecule has 1 aromatic carbocycles. The lowest BCUT2D eigenvalue weighted by Gasteiger charge is -2.11. The largest absolute Gasteiger partial charge is 0.386 e. The van der Waals surface area contributed by atoms with E-state index in [4.69, 9.17) is 0 Å². The van der Waals surface area contributed by atoms with Gasteiger partial charge in [0.25, 0.3) is 0 Å². The molecule has 1 aromatic heterocycles. The number of halogens is 2. The third kappa shape index (κ3) is 2.48. The highest BCUT2D eigenvalue weighted by molar-refractivity contribution is 9.10. The van der Waals surface area contributed by atoms with Crippen LogP contribution >= 0.6 is 15.9 Å². The van der Waals surface area contributed by atoms with Gasteiger partial charge in [0, 0.05) is 11.8 Å². The molecule has 5 heteroatoms. The van der Waals surface area contributed by atoms with E-state index in [2.05, 4.69) is 21.0 Å². The normalized spacial score (nSPS) is 12.7. The summed E-state index contributed by atoms with van der Waals surface area (Å²) >= 11 is 3.25. The van der Waals surface area contributed by atoms with Gasteiger partial charge < -0.3 is 5.11 Å². The van der Waals surface area contributed by atoms with Crippen LogP contribution in [0.15, 0.2) is 41.1 Å². The molecule has 16 heavy (non-hydrogen) atoms. The molecular weight excluding hydrogens is 275 g/mol. The molecule has 1 heterocycles. The van der Waals surface area contributed by atoms with Crippen molar-refractivity contribution in [3.05, 3.63) is 52.5 Å². The van der Waals surface area contributed by atoms with E-state index in [9.17, 15) is 9.50 Å². The molecule has 0 saturated carbocycles. The maximum absolute atomic E-state index is 13.3. The van der Waals surface area contributed by atoms with Crippen LogP contribution in [0.25, 0.3) is 0 Å². The first-order chi connectivity index (χ1) is 7.66. The Labute approximate surface area is 101 Å². The average molecular weight is 285 g/mol. The second-order valence-electron chi connectivity index (χ2n) is 3.42. The molecule has 0 radical (unpaired) electrons. The molecule has 0 fully saturated rings. The van der Waals surface area contributed by atoms with Gasteiger partial charge in [0.2, 0.25) is 0 Å². The quantitative estimate of drug-likeness (QED) is 0.941. The van der Waals surface area contributed by atoms with Crippen molar-refractivity contribution in [1.82, 2.24) is 9.78 Å². The van der Waals surface area contributed by atoms with Crippen molar-refractivity contribution < 1.29 is 9.50 Å². The standard InChI is InChI=1S/C11H10BrFN2O/c12-8-5-14-15(6-8)7-11(16)9-3-1-2-4-10(9)13/h1-6,11,16H,7H2. The van der Waals surface area contributed by atoms with Gasteiger partial charge in [0.15, 0.2) is 0 Å².